The average Bonchev–Trinajstić information content (AvgIpc) is 2.56. The summed E-state index contributed by atoms with van der Waals surface area (Å²) in [6.07, 6.45) is 8.14. The molecular formula is C19H36N2O2. The molecule has 1 amide bonds. The topological polar surface area (TPSA) is 40.6 Å². The van der Waals surface area contributed by atoms with Crippen molar-refractivity contribution in [2.75, 3.05) is 32.7 Å². The Balaban J connectivity index is 1.95. The summed E-state index contributed by atoms with van der Waals surface area (Å²) in [7, 11) is 0. The normalized spacial score (nSPS) is 16.1. The third kappa shape index (κ3) is 8.50. The van der Waals surface area contributed by atoms with Crippen molar-refractivity contribution in [3.63, 3.8) is 0 Å². The van der Waals surface area contributed by atoms with Gasteiger partial charge in [0.25, 0.3) is 0 Å². The molecule has 1 fully saturated rings. The molecule has 0 aromatic rings. The predicted octanol–water partition coefficient (Wildman–Crippen LogP) is 3.50. The van der Waals surface area contributed by atoms with Crippen molar-refractivity contribution in [3.05, 3.63) is 0 Å². The van der Waals surface area contributed by atoms with Gasteiger partial charge in [-0.05, 0) is 19.4 Å². The molecule has 0 atom stereocenters. The van der Waals surface area contributed by atoms with Crippen LogP contribution in [0.3, 0.4) is 0 Å². The van der Waals surface area contributed by atoms with E-state index in [9.17, 15) is 9.59 Å². The van der Waals surface area contributed by atoms with Crippen molar-refractivity contribution >= 4 is 11.7 Å². The maximum Gasteiger partial charge on any atom is 0.222 e. The van der Waals surface area contributed by atoms with Gasteiger partial charge in [0.2, 0.25) is 5.91 Å². The molecule has 1 rings (SSSR count). The van der Waals surface area contributed by atoms with Gasteiger partial charge < -0.3 is 9.80 Å². The monoisotopic (exact) mass is 324 g/mol. The van der Waals surface area contributed by atoms with E-state index in [4.69, 9.17) is 0 Å². The second-order valence-corrected chi connectivity index (χ2v) is 7.06. The molecule has 1 saturated heterocycles. The Morgan fingerprint density at radius 3 is 1.87 bits per heavy atom. The molecular weight excluding hydrogens is 288 g/mol. The molecule has 0 saturated carbocycles. The van der Waals surface area contributed by atoms with Gasteiger partial charge in [-0.25, -0.2) is 0 Å². The van der Waals surface area contributed by atoms with Gasteiger partial charge in [0.1, 0.15) is 5.78 Å². The van der Waals surface area contributed by atoms with Gasteiger partial charge in [-0.15, -0.1) is 0 Å². The van der Waals surface area contributed by atoms with Crippen molar-refractivity contribution in [1.82, 2.24) is 9.80 Å². The molecule has 0 bridgehead atoms. The lowest BCUT2D eigenvalue weighted by Gasteiger charge is -2.34. The van der Waals surface area contributed by atoms with Gasteiger partial charge in [-0.1, -0.05) is 46.5 Å². The summed E-state index contributed by atoms with van der Waals surface area (Å²) >= 11 is 0. The minimum absolute atomic E-state index is 0.181. The molecule has 0 spiro atoms. The summed E-state index contributed by atoms with van der Waals surface area (Å²) in [5.74, 6) is 0.905. The van der Waals surface area contributed by atoms with Crippen LogP contribution in [0.5, 0.6) is 0 Å². The molecule has 0 aliphatic carbocycles. The fraction of sp³-hybridized carbons (Fsp3) is 0.895. The summed E-state index contributed by atoms with van der Waals surface area (Å²) in [6, 6.07) is 0. The number of rotatable bonds is 11. The zero-order valence-electron chi connectivity index (χ0n) is 15.5. The van der Waals surface area contributed by atoms with Crippen LogP contribution in [0.4, 0.5) is 0 Å². The predicted molar refractivity (Wildman–Crippen MR) is 95.5 cm³/mol. The highest BCUT2D eigenvalue weighted by atomic mass is 16.2. The second kappa shape index (κ2) is 11.6. The van der Waals surface area contributed by atoms with Crippen molar-refractivity contribution in [3.8, 4) is 0 Å². The van der Waals surface area contributed by atoms with Crippen molar-refractivity contribution in [2.45, 2.75) is 72.1 Å². The van der Waals surface area contributed by atoms with E-state index >= 15 is 0 Å². The fourth-order valence-corrected chi connectivity index (χ4v) is 3.04. The van der Waals surface area contributed by atoms with Gasteiger partial charge >= 0.3 is 0 Å². The zero-order valence-corrected chi connectivity index (χ0v) is 15.5. The van der Waals surface area contributed by atoms with Crippen molar-refractivity contribution in [2.24, 2.45) is 5.92 Å². The fourth-order valence-electron chi connectivity index (χ4n) is 3.04. The first-order valence-electron chi connectivity index (χ1n) is 9.57. The van der Waals surface area contributed by atoms with Gasteiger partial charge in [0.05, 0.1) is 0 Å². The minimum Gasteiger partial charge on any atom is -0.340 e. The first-order valence-corrected chi connectivity index (χ1v) is 9.57. The molecule has 134 valence electrons. The lowest BCUT2D eigenvalue weighted by molar-refractivity contribution is -0.133. The van der Waals surface area contributed by atoms with Gasteiger partial charge in [-0.2, -0.15) is 0 Å². The summed E-state index contributed by atoms with van der Waals surface area (Å²) in [4.78, 5) is 28.1. The average molecular weight is 325 g/mol. The van der Waals surface area contributed by atoms with Crippen LogP contribution >= 0.6 is 0 Å². The van der Waals surface area contributed by atoms with E-state index in [1.807, 2.05) is 18.7 Å². The molecule has 1 aliphatic rings. The molecule has 1 aliphatic heterocycles. The molecule has 4 nitrogen and oxygen atoms in total. The summed E-state index contributed by atoms with van der Waals surface area (Å²) in [5.41, 5.74) is 0. The van der Waals surface area contributed by atoms with E-state index < -0.39 is 0 Å². The van der Waals surface area contributed by atoms with Crippen LogP contribution in [0, 0.1) is 5.92 Å². The van der Waals surface area contributed by atoms with Crippen LogP contribution in [-0.2, 0) is 9.59 Å². The van der Waals surface area contributed by atoms with E-state index in [-0.39, 0.29) is 5.92 Å². The Morgan fingerprint density at radius 2 is 1.35 bits per heavy atom. The van der Waals surface area contributed by atoms with Gasteiger partial charge in [0.15, 0.2) is 0 Å². The van der Waals surface area contributed by atoms with E-state index in [2.05, 4.69) is 11.8 Å². The maximum atomic E-state index is 12.1. The second-order valence-electron chi connectivity index (χ2n) is 7.06. The van der Waals surface area contributed by atoms with Crippen LogP contribution in [0.15, 0.2) is 0 Å². The zero-order chi connectivity index (χ0) is 17.1. The molecule has 0 unspecified atom stereocenters. The lowest BCUT2D eigenvalue weighted by atomic mass is 10.0. The number of unbranched alkanes of at least 4 members (excludes halogenated alkanes) is 5. The Kier molecular flexibility index (Phi) is 10.2. The van der Waals surface area contributed by atoms with Gasteiger partial charge in [-0.3, -0.25) is 9.59 Å². The largest absolute Gasteiger partial charge is 0.340 e. The number of carbonyl (C=O) groups excluding carboxylic acids is 2. The number of hydrogen-bond donors (Lipinski definition) is 0. The Labute approximate surface area is 142 Å². The highest BCUT2D eigenvalue weighted by molar-refractivity contribution is 5.80. The standard InChI is InChI=1S/C19H36N2O2/c1-4-20-13-15-21(16-14-20)19(23)12-10-8-6-5-7-9-11-18(22)17(2)3/h17H,4-16H2,1-3H3. The van der Waals surface area contributed by atoms with E-state index in [1.54, 1.807) is 0 Å². The lowest BCUT2D eigenvalue weighted by Crippen LogP contribution is -2.48. The van der Waals surface area contributed by atoms with E-state index in [1.165, 1.54) is 12.8 Å². The number of likely N-dealkylation sites (N-methyl/N-ethyl adjacent to an activating group) is 1. The molecule has 0 aromatic heterocycles. The number of ketones is 1. The highest BCUT2D eigenvalue weighted by Crippen LogP contribution is 2.12. The van der Waals surface area contributed by atoms with Crippen molar-refractivity contribution < 1.29 is 9.59 Å². The SMILES string of the molecule is CCN1CCN(C(=O)CCCCCCCCC(=O)C(C)C)CC1. The number of piperazine rings is 1. The smallest absolute Gasteiger partial charge is 0.222 e. The highest BCUT2D eigenvalue weighted by Gasteiger charge is 2.19. The third-order valence-electron chi connectivity index (χ3n) is 4.88. The van der Waals surface area contributed by atoms with Crippen LogP contribution in [0.25, 0.3) is 0 Å². The van der Waals surface area contributed by atoms with Crippen LogP contribution < -0.4 is 0 Å². The molecule has 0 N–H and O–H groups in total. The summed E-state index contributed by atoms with van der Waals surface area (Å²) < 4.78 is 0. The number of amides is 1. The first-order chi connectivity index (χ1) is 11.0. The van der Waals surface area contributed by atoms with E-state index in [0.29, 0.717) is 18.1 Å². The number of carbonyl (C=O) groups is 2. The van der Waals surface area contributed by atoms with Crippen LogP contribution in [-0.4, -0.2) is 54.2 Å². The number of hydrogen-bond acceptors (Lipinski definition) is 3. The molecule has 0 aromatic carbocycles. The Hall–Kier alpha value is -0.900. The molecule has 0 radical (unpaired) electrons. The number of nitrogens with zero attached hydrogens (tertiary/aromatic N) is 2. The van der Waals surface area contributed by atoms with Gasteiger partial charge in [0, 0.05) is 44.9 Å². The third-order valence-corrected chi connectivity index (χ3v) is 4.88. The van der Waals surface area contributed by atoms with Crippen molar-refractivity contribution in [1.29, 1.82) is 0 Å². The Bertz CT molecular complexity index is 347. The molecule has 1 heterocycles. The summed E-state index contributed by atoms with van der Waals surface area (Å²) in [5, 5.41) is 0. The first kappa shape index (κ1) is 20.1. The van der Waals surface area contributed by atoms with Crippen LogP contribution in [0.1, 0.15) is 72.1 Å². The quantitative estimate of drug-likeness (QED) is 0.546. The Morgan fingerprint density at radius 1 is 0.826 bits per heavy atom. The van der Waals surface area contributed by atoms with E-state index in [0.717, 1.165) is 64.8 Å². The molecule has 4 heteroatoms. The number of Topliss-reactive ketones (excluding diaryl/α,β-unsaturated/α-hetero) is 1. The van der Waals surface area contributed by atoms with Crippen LogP contribution in [0.2, 0.25) is 0 Å². The molecule has 23 heavy (non-hydrogen) atoms. The minimum atomic E-state index is 0.181. The summed E-state index contributed by atoms with van der Waals surface area (Å²) in [6.45, 7) is 11.1. The maximum absolute atomic E-state index is 12.1.